The van der Waals surface area contributed by atoms with Gasteiger partial charge in [-0.2, -0.15) is 0 Å². The van der Waals surface area contributed by atoms with E-state index < -0.39 is 11.8 Å². The van der Waals surface area contributed by atoms with Gasteiger partial charge in [0, 0.05) is 19.3 Å². The summed E-state index contributed by atoms with van der Waals surface area (Å²) in [5.74, 6) is 0.620. The standard InChI is InChI=1S/C19H21N3O4/c1-22-15-8-14(4-5-16(15)26-10-17(22)23)21-19(25)18(24)20-9-13-7-11-2-3-12(13)6-11/h2-5,8,11-13H,6-7,9-10H2,1H3,(H,20,24)(H,21,25)/t11-,12-,13-/m0/s1. The molecule has 3 amide bonds. The first kappa shape index (κ1) is 16.6. The first-order chi connectivity index (χ1) is 12.5. The average Bonchev–Trinajstić information content (AvgIpc) is 3.26. The number of hydrogen-bond donors (Lipinski definition) is 2. The first-order valence-corrected chi connectivity index (χ1v) is 8.82. The van der Waals surface area contributed by atoms with E-state index in [2.05, 4.69) is 22.8 Å². The van der Waals surface area contributed by atoms with Gasteiger partial charge < -0.3 is 20.3 Å². The minimum atomic E-state index is -0.714. The molecule has 0 unspecified atom stereocenters. The molecule has 1 aromatic carbocycles. The molecule has 1 aromatic rings. The average molecular weight is 355 g/mol. The number of rotatable bonds is 3. The number of anilines is 2. The smallest absolute Gasteiger partial charge is 0.313 e. The van der Waals surface area contributed by atoms with Crippen LogP contribution in [0.3, 0.4) is 0 Å². The number of benzene rings is 1. The van der Waals surface area contributed by atoms with Gasteiger partial charge >= 0.3 is 11.8 Å². The van der Waals surface area contributed by atoms with E-state index in [1.54, 1.807) is 25.2 Å². The van der Waals surface area contributed by atoms with Crippen molar-refractivity contribution in [1.82, 2.24) is 5.32 Å². The minimum Gasteiger partial charge on any atom is -0.482 e. The lowest BCUT2D eigenvalue weighted by Gasteiger charge is -2.26. The molecule has 136 valence electrons. The maximum atomic E-state index is 12.1. The Morgan fingerprint density at radius 1 is 1.23 bits per heavy atom. The summed E-state index contributed by atoms with van der Waals surface area (Å²) >= 11 is 0. The van der Waals surface area contributed by atoms with Crippen LogP contribution < -0.4 is 20.3 Å². The highest BCUT2D eigenvalue weighted by atomic mass is 16.5. The zero-order chi connectivity index (χ0) is 18.3. The molecule has 3 aliphatic rings. The predicted octanol–water partition coefficient (Wildman–Crippen LogP) is 1.31. The monoisotopic (exact) mass is 355 g/mol. The van der Waals surface area contributed by atoms with Crippen LogP contribution in [0.15, 0.2) is 30.4 Å². The van der Waals surface area contributed by atoms with E-state index >= 15 is 0 Å². The zero-order valence-corrected chi connectivity index (χ0v) is 14.5. The van der Waals surface area contributed by atoms with Gasteiger partial charge in [-0.3, -0.25) is 14.4 Å². The second-order valence-electron chi connectivity index (χ2n) is 7.13. The molecule has 2 N–H and O–H groups in total. The van der Waals surface area contributed by atoms with Gasteiger partial charge in [-0.15, -0.1) is 0 Å². The Morgan fingerprint density at radius 3 is 2.81 bits per heavy atom. The van der Waals surface area contributed by atoms with Gasteiger partial charge in [-0.25, -0.2) is 0 Å². The summed E-state index contributed by atoms with van der Waals surface area (Å²) in [5, 5.41) is 5.31. The lowest BCUT2D eigenvalue weighted by Crippen LogP contribution is -2.39. The lowest BCUT2D eigenvalue weighted by atomic mass is 9.94. The van der Waals surface area contributed by atoms with Crippen molar-refractivity contribution in [2.75, 3.05) is 30.4 Å². The van der Waals surface area contributed by atoms with E-state index in [0.29, 0.717) is 41.4 Å². The highest BCUT2D eigenvalue weighted by Gasteiger charge is 2.35. The van der Waals surface area contributed by atoms with Crippen molar-refractivity contribution in [2.45, 2.75) is 12.8 Å². The molecule has 1 saturated carbocycles. The van der Waals surface area contributed by atoms with Crippen LogP contribution in [0.1, 0.15) is 12.8 Å². The molecule has 2 aliphatic carbocycles. The Hall–Kier alpha value is -2.83. The first-order valence-electron chi connectivity index (χ1n) is 8.82. The third kappa shape index (κ3) is 3.05. The van der Waals surface area contributed by atoms with Crippen molar-refractivity contribution < 1.29 is 19.1 Å². The second-order valence-corrected chi connectivity index (χ2v) is 7.13. The summed E-state index contributed by atoms with van der Waals surface area (Å²) in [7, 11) is 1.64. The van der Waals surface area contributed by atoms with Crippen LogP contribution in [0.5, 0.6) is 5.75 Å². The molecule has 0 aromatic heterocycles. The molecule has 2 bridgehead atoms. The number of amides is 3. The van der Waals surface area contributed by atoms with Gasteiger partial charge in [0.1, 0.15) is 5.75 Å². The molecule has 1 aliphatic heterocycles. The molecule has 3 atom stereocenters. The molecule has 1 heterocycles. The molecule has 0 spiro atoms. The molecule has 26 heavy (non-hydrogen) atoms. The van der Waals surface area contributed by atoms with Crippen molar-refractivity contribution in [3.05, 3.63) is 30.4 Å². The third-order valence-corrected chi connectivity index (χ3v) is 5.45. The number of fused-ring (bicyclic) bond motifs is 3. The summed E-state index contributed by atoms with van der Waals surface area (Å²) in [4.78, 5) is 37.4. The number of nitrogens with zero attached hydrogens (tertiary/aromatic N) is 1. The number of hydrogen-bond acceptors (Lipinski definition) is 4. The maximum absolute atomic E-state index is 12.1. The number of carbonyl (C=O) groups excluding carboxylic acids is 3. The predicted molar refractivity (Wildman–Crippen MR) is 95.8 cm³/mol. The van der Waals surface area contributed by atoms with Crippen LogP contribution in [0, 0.1) is 17.8 Å². The fraction of sp³-hybridized carbons (Fsp3) is 0.421. The van der Waals surface area contributed by atoms with Crippen LogP contribution in [0.25, 0.3) is 0 Å². The number of carbonyl (C=O) groups is 3. The third-order valence-electron chi connectivity index (χ3n) is 5.45. The molecular weight excluding hydrogens is 334 g/mol. The molecule has 7 heteroatoms. The van der Waals surface area contributed by atoms with Gasteiger partial charge in [0.25, 0.3) is 5.91 Å². The van der Waals surface area contributed by atoms with Gasteiger partial charge in [-0.1, -0.05) is 12.2 Å². The Kier molecular flexibility index (Phi) is 4.14. The van der Waals surface area contributed by atoms with Crippen molar-refractivity contribution in [1.29, 1.82) is 0 Å². The largest absolute Gasteiger partial charge is 0.482 e. The summed E-state index contributed by atoms with van der Waals surface area (Å²) in [6.07, 6.45) is 6.71. The molecule has 0 saturated heterocycles. The van der Waals surface area contributed by atoms with Crippen molar-refractivity contribution >= 4 is 29.1 Å². The molecule has 7 nitrogen and oxygen atoms in total. The SMILES string of the molecule is CN1C(=O)COc2ccc(NC(=O)C(=O)NC[C@@H]3C[C@H]4C=C[C@H]3C4)cc21. The van der Waals surface area contributed by atoms with Gasteiger partial charge in [0.2, 0.25) is 0 Å². The van der Waals surface area contributed by atoms with E-state index in [4.69, 9.17) is 4.74 Å². The lowest BCUT2D eigenvalue weighted by molar-refractivity contribution is -0.136. The number of likely N-dealkylation sites (N-methyl/N-ethyl adjacent to an activating group) is 1. The van der Waals surface area contributed by atoms with E-state index in [1.807, 2.05) is 0 Å². The molecule has 4 rings (SSSR count). The Morgan fingerprint density at radius 2 is 2.08 bits per heavy atom. The highest BCUT2D eigenvalue weighted by molar-refractivity contribution is 6.39. The number of ether oxygens (including phenoxy) is 1. The Labute approximate surface area is 151 Å². The van der Waals surface area contributed by atoms with Crippen LogP contribution in [-0.4, -0.2) is 37.9 Å². The zero-order valence-electron chi connectivity index (χ0n) is 14.5. The fourth-order valence-electron chi connectivity index (χ4n) is 3.97. The summed E-state index contributed by atoms with van der Waals surface area (Å²) in [6.45, 7) is 0.517. The maximum Gasteiger partial charge on any atom is 0.313 e. The van der Waals surface area contributed by atoms with Crippen molar-refractivity contribution in [3.63, 3.8) is 0 Å². The Balaban J connectivity index is 1.35. The summed E-state index contributed by atoms with van der Waals surface area (Å²) in [6, 6.07) is 4.94. The fourth-order valence-corrected chi connectivity index (χ4v) is 3.97. The van der Waals surface area contributed by atoms with Crippen LogP contribution >= 0.6 is 0 Å². The normalized spacial score (nSPS) is 25.7. The molecule has 1 fully saturated rings. The van der Waals surface area contributed by atoms with Gasteiger partial charge in [-0.05, 0) is 48.8 Å². The van der Waals surface area contributed by atoms with Crippen LogP contribution in [0.2, 0.25) is 0 Å². The van der Waals surface area contributed by atoms with Crippen molar-refractivity contribution in [3.8, 4) is 5.75 Å². The summed E-state index contributed by atoms with van der Waals surface area (Å²) < 4.78 is 5.34. The van der Waals surface area contributed by atoms with Crippen LogP contribution in [0.4, 0.5) is 11.4 Å². The van der Waals surface area contributed by atoms with Gasteiger partial charge in [0.15, 0.2) is 6.61 Å². The molecule has 0 radical (unpaired) electrons. The molecular formula is C19H21N3O4. The van der Waals surface area contributed by atoms with Crippen LogP contribution in [-0.2, 0) is 14.4 Å². The quantitative estimate of drug-likeness (QED) is 0.632. The highest BCUT2D eigenvalue weighted by Crippen LogP contribution is 2.42. The van der Waals surface area contributed by atoms with Crippen molar-refractivity contribution in [2.24, 2.45) is 17.8 Å². The number of nitrogens with one attached hydrogen (secondary N) is 2. The van der Waals surface area contributed by atoms with E-state index in [9.17, 15) is 14.4 Å². The minimum absolute atomic E-state index is 0.00415. The number of allylic oxidation sites excluding steroid dienone is 2. The van der Waals surface area contributed by atoms with E-state index in [-0.39, 0.29) is 12.5 Å². The summed E-state index contributed by atoms with van der Waals surface area (Å²) in [5.41, 5.74) is 1.00. The Bertz CT molecular complexity index is 804. The second kappa shape index (κ2) is 6.48. The van der Waals surface area contributed by atoms with Gasteiger partial charge in [0.05, 0.1) is 5.69 Å². The topological polar surface area (TPSA) is 87.7 Å². The van der Waals surface area contributed by atoms with E-state index in [1.165, 1.54) is 4.90 Å². The van der Waals surface area contributed by atoms with E-state index in [0.717, 1.165) is 12.8 Å².